The lowest BCUT2D eigenvalue weighted by Gasteiger charge is -2.26. The Morgan fingerprint density at radius 1 is 1.19 bits per heavy atom. The van der Waals surface area contributed by atoms with E-state index in [0.717, 1.165) is 0 Å². The molecule has 26 heavy (non-hydrogen) atoms. The molecule has 1 rings (SSSR count). The number of hydrogen-bond donors (Lipinski definition) is 2. The van der Waals surface area contributed by atoms with Crippen molar-refractivity contribution >= 4 is 19.4 Å². The molecule has 0 aliphatic rings. The van der Waals surface area contributed by atoms with Gasteiger partial charge < -0.3 is 19.7 Å². The van der Waals surface area contributed by atoms with Gasteiger partial charge in [0.15, 0.2) is 0 Å². The van der Waals surface area contributed by atoms with E-state index in [-0.39, 0.29) is 12.3 Å². The van der Waals surface area contributed by atoms with Crippen LogP contribution in [-0.2, 0) is 18.8 Å². The summed E-state index contributed by atoms with van der Waals surface area (Å²) < 4.78 is 22.5. The highest BCUT2D eigenvalue weighted by molar-refractivity contribution is 7.58. The lowest BCUT2D eigenvalue weighted by molar-refractivity contribution is -0.144. The second-order valence-corrected chi connectivity index (χ2v) is 9.67. The maximum Gasteiger partial charge on any atom is 0.408 e. The highest BCUT2D eigenvalue weighted by Gasteiger charge is 2.31. The summed E-state index contributed by atoms with van der Waals surface area (Å²) in [6, 6.07) is 8.16. The third-order valence-electron chi connectivity index (χ3n) is 3.52. The number of methoxy groups -OCH3 is 1. The Morgan fingerprint density at radius 3 is 2.27 bits per heavy atom. The molecule has 0 saturated heterocycles. The van der Waals surface area contributed by atoms with Crippen LogP contribution in [-0.4, -0.2) is 42.0 Å². The zero-order valence-corrected chi connectivity index (χ0v) is 16.8. The first kappa shape index (κ1) is 22.2. The van der Waals surface area contributed by atoms with Crippen LogP contribution in [0.2, 0.25) is 0 Å². The first-order valence-electron chi connectivity index (χ1n) is 8.36. The first-order valence-corrected chi connectivity index (χ1v) is 10.4. The number of hydrogen-bond acceptors (Lipinski definition) is 5. The van der Waals surface area contributed by atoms with Gasteiger partial charge in [-0.05, 0) is 26.3 Å². The standard InChI is InChI=1S/C18H28NO6P/c1-13(16(20)24-5)11-26(22,23)12-15(14-9-7-6-8-10-14)19-17(21)25-18(2,3)4/h6-10,13,15H,11-12H2,1-5H3,(H,19,21)(H,22,23). The van der Waals surface area contributed by atoms with E-state index in [1.165, 1.54) is 14.0 Å². The number of rotatable bonds is 7. The molecule has 3 atom stereocenters. The molecule has 1 aromatic carbocycles. The molecule has 2 N–H and O–H groups in total. The van der Waals surface area contributed by atoms with E-state index in [1.807, 2.05) is 6.07 Å². The number of ether oxygens (including phenoxy) is 2. The molecule has 0 spiro atoms. The smallest absolute Gasteiger partial charge is 0.408 e. The fourth-order valence-electron chi connectivity index (χ4n) is 2.43. The number of carbonyl (C=O) groups is 2. The van der Waals surface area contributed by atoms with Gasteiger partial charge >= 0.3 is 12.1 Å². The average molecular weight is 385 g/mol. The van der Waals surface area contributed by atoms with Crippen molar-refractivity contribution < 1.29 is 28.5 Å². The van der Waals surface area contributed by atoms with Crippen molar-refractivity contribution in [3.63, 3.8) is 0 Å². The Kier molecular flexibility index (Phi) is 7.85. The van der Waals surface area contributed by atoms with Gasteiger partial charge in [0.25, 0.3) is 0 Å². The normalized spacial score (nSPS) is 16.1. The molecule has 1 amide bonds. The molecule has 0 radical (unpaired) electrons. The van der Waals surface area contributed by atoms with Crippen LogP contribution < -0.4 is 5.32 Å². The van der Waals surface area contributed by atoms with Crippen molar-refractivity contribution in [3.8, 4) is 0 Å². The van der Waals surface area contributed by atoms with Gasteiger partial charge in [0.2, 0.25) is 7.37 Å². The molecule has 0 aliphatic carbocycles. The molecule has 0 bridgehead atoms. The van der Waals surface area contributed by atoms with Crippen LogP contribution in [0, 0.1) is 5.92 Å². The number of carbonyl (C=O) groups excluding carboxylic acids is 2. The average Bonchev–Trinajstić information content (AvgIpc) is 2.51. The minimum absolute atomic E-state index is 0.211. The van der Waals surface area contributed by atoms with Crippen molar-refractivity contribution in [3.05, 3.63) is 35.9 Å². The van der Waals surface area contributed by atoms with E-state index >= 15 is 0 Å². The van der Waals surface area contributed by atoms with E-state index in [9.17, 15) is 19.0 Å². The molecule has 0 aromatic heterocycles. The number of alkyl carbamates (subject to hydrolysis) is 1. The van der Waals surface area contributed by atoms with Crippen LogP contribution in [0.5, 0.6) is 0 Å². The molecule has 8 heteroatoms. The van der Waals surface area contributed by atoms with Gasteiger partial charge in [-0.1, -0.05) is 37.3 Å². The maximum atomic E-state index is 12.7. The van der Waals surface area contributed by atoms with E-state index in [0.29, 0.717) is 5.56 Å². The Balaban J connectivity index is 2.94. The van der Waals surface area contributed by atoms with Crippen molar-refractivity contribution in [1.29, 1.82) is 0 Å². The molecule has 3 unspecified atom stereocenters. The van der Waals surface area contributed by atoms with Gasteiger partial charge in [0, 0.05) is 12.3 Å². The zero-order valence-electron chi connectivity index (χ0n) is 15.9. The summed E-state index contributed by atoms with van der Waals surface area (Å²) in [5, 5.41) is 2.65. The fourth-order valence-corrected chi connectivity index (χ4v) is 4.46. The van der Waals surface area contributed by atoms with Crippen LogP contribution >= 0.6 is 7.37 Å². The molecular formula is C18H28NO6P. The van der Waals surface area contributed by atoms with Crippen LogP contribution in [0.15, 0.2) is 30.3 Å². The molecule has 7 nitrogen and oxygen atoms in total. The largest absolute Gasteiger partial charge is 0.469 e. The fraction of sp³-hybridized carbons (Fsp3) is 0.556. The Bertz CT molecular complexity index is 655. The third kappa shape index (κ3) is 8.02. The van der Waals surface area contributed by atoms with E-state index in [1.54, 1.807) is 45.0 Å². The van der Waals surface area contributed by atoms with Crippen molar-refractivity contribution in [2.45, 2.75) is 39.3 Å². The summed E-state index contributed by atoms with van der Waals surface area (Å²) in [5.74, 6) is -1.26. The summed E-state index contributed by atoms with van der Waals surface area (Å²) in [6.45, 7) is 6.74. The lowest BCUT2D eigenvalue weighted by Crippen LogP contribution is -2.36. The summed E-state index contributed by atoms with van der Waals surface area (Å²) in [7, 11) is -2.48. The SMILES string of the molecule is COC(=O)C(C)CP(=O)(O)CC(NC(=O)OC(C)(C)C)c1ccccc1. The molecular weight excluding hydrogens is 357 g/mol. The van der Waals surface area contributed by atoms with Crippen LogP contribution in [0.4, 0.5) is 4.79 Å². The summed E-state index contributed by atoms with van der Waals surface area (Å²) >= 11 is 0. The summed E-state index contributed by atoms with van der Waals surface area (Å²) in [6.07, 6.45) is -1.11. The Labute approximate surface area is 154 Å². The molecule has 0 heterocycles. The zero-order chi connectivity index (χ0) is 20.0. The third-order valence-corrected chi connectivity index (χ3v) is 5.58. The lowest BCUT2D eigenvalue weighted by atomic mass is 10.1. The number of benzene rings is 1. The molecule has 0 saturated carbocycles. The van der Waals surface area contributed by atoms with Crippen molar-refractivity contribution in [1.82, 2.24) is 5.32 Å². The monoisotopic (exact) mass is 385 g/mol. The van der Waals surface area contributed by atoms with Crippen LogP contribution in [0.3, 0.4) is 0 Å². The Morgan fingerprint density at radius 2 is 1.77 bits per heavy atom. The van der Waals surface area contributed by atoms with E-state index < -0.39 is 37.0 Å². The van der Waals surface area contributed by atoms with Crippen LogP contribution in [0.1, 0.15) is 39.3 Å². The molecule has 0 aliphatic heterocycles. The minimum Gasteiger partial charge on any atom is -0.469 e. The quantitative estimate of drug-likeness (QED) is 0.551. The van der Waals surface area contributed by atoms with E-state index in [4.69, 9.17) is 4.74 Å². The number of nitrogens with one attached hydrogen (secondary N) is 1. The van der Waals surface area contributed by atoms with E-state index in [2.05, 4.69) is 10.1 Å². The first-order chi connectivity index (χ1) is 11.9. The highest BCUT2D eigenvalue weighted by Crippen LogP contribution is 2.46. The Hall–Kier alpha value is -1.85. The van der Waals surface area contributed by atoms with Gasteiger partial charge in [-0.25, -0.2) is 4.79 Å². The van der Waals surface area contributed by atoms with Gasteiger partial charge in [0.1, 0.15) is 5.60 Å². The molecule has 1 aromatic rings. The topological polar surface area (TPSA) is 102 Å². The van der Waals surface area contributed by atoms with Gasteiger partial charge in [0.05, 0.1) is 19.1 Å². The predicted molar refractivity (Wildman–Crippen MR) is 99.3 cm³/mol. The van der Waals surface area contributed by atoms with Gasteiger partial charge in [-0.2, -0.15) is 0 Å². The maximum absolute atomic E-state index is 12.7. The second kappa shape index (κ2) is 9.19. The second-order valence-electron chi connectivity index (χ2n) is 7.25. The summed E-state index contributed by atoms with van der Waals surface area (Å²) in [4.78, 5) is 34.0. The number of esters is 1. The van der Waals surface area contributed by atoms with Crippen molar-refractivity contribution in [2.24, 2.45) is 5.92 Å². The van der Waals surface area contributed by atoms with Gasteiger partial charge in [-0.3, -0.25) is 9.36 Å². The molecule has 0 fully saturated rings. The minimum atomic E-state index is -3.72. The molecule has 146 valence electrons. The van der Waals surface area contributed by atoms with Crippen LogP contribution in [0.25, 0.3) is 0 Å². The van der Waals surface area contributed by atoms with Gasteiger partial charge in [-0.15, -0.1) is 0 Å². The predicted octanol–water partition coefficient (Wildman–Crippen LogP) is 3.33. The highest BCUT2D eigenvalue weighted by atomic mass is 31.2. The van der Waals surface area contributed by atoms with Crippen molar-refractivity contribution in [2.75, 3.05) is 19.4 Å². The summed E-state index contributed by atoms with van der Waals surface area (Å²) in [5.41, 5.74) is -0.00784. The number of amides is 1.